The van der Waals surface area contributed by atoms with Crippen LogP contribution in [0.5, 0.6) is 0 Å². The Morgan fingerprint density at radius 3 is 2.50 bits per heavy atom. The van der Waals surface area contributed by atoms with E-state index in [2.05, 4.69) is 6.92 Å². The summed E-state index contributed by atoms with van der Waals surface area (Å²) in [5.74, 6) is 1.83. The minimum atomic E-state index is 0.386. The van der Waals surface area contributed by atoms with Crippen molar-refractivity contribution in [2.75, 3.05) is 6.61 Å². The van der Waals surface area contributed by atoms with E-state index in [1.54, 1.807) is 0 Å². The van der Waals surface area contributed by atoms with Crippen molar-refractivity contribution >= 4 is 5.78 Å². The quantitative estimate of drug-likeness (QED) is 0.632. The van der Waals surface area contributed by atoms with E-state index in [0.717, 1.165) is 44.6 Å². The second-order valence-electron chi connectivity index (χ2n) is 6.85. The molecule has 0 spiro atoms. The molecule has 116 valence electrons. The molecule has 0 radical (unpaired) electrons. The summed E-state index contributed by atoms with van der Waals surface area (Å²) in [7, 11) is 0. The molecule has 1 saturated heterocycles. The van der Waals surface area contributed by atoms with E-state index in [9.17, 15) is 4.79 Å². The number of rotatable bonds is 8. The Bertz CT molecular complexity index is 273. The molecular weight excluding hydrogens is 248 g/mol. The minimum absolute atomic E-state index is 0.386. The maximum Gasteiger partial charge on any atom is 0.135 e. The van der Waals surface area contributed by atoms with Crippen LogP contribution in [0.4, 0.5) is 0 Å². The van der Waals surface area contributed by atoms with Gasteiger partial charge in [0, 0.05) is 18.9 Å². The van der Waals surface area contributed by atoms with Gasteiger partial charge in [0.05, 0.1) is 6.10 Å². The predicted molar refractivity (Wildman–Crippen MR) is 82.8 cm³/mol. The first-order valence-corrected chi connectivity index (χ1v) is 8.94. The number of carbonyl (C=O) groups excluding carboxylic acids is 1. The zero-order chi connectivity index (χ0) is 14.2. The lowest BCUT2D eigenvalue weighted by atomic mass is 9.77. The van der Waals surface area contributed by atoms with Crippen LogP contribution >= 0.6 is 0 Å². The first-order valence-electron chi connectivity index (χ1n) is 8.94. The number of hydrogen-bond donors (Lipinski definition) is 0. The molecule has 2 aliphatic rings. The van der Waals surface area contributed by atoms with Crippen molar-refractivity contribution in [2.24, 2.45) is 11.8 Å². The van der Waals surface area contributed by atoms with Crippen LogP contribution in [0.15, 0.2) is 0 Å². The molecule has 20 heavy (non-hydrogen) atoms. The average molecular weight is 280 g/mol. The van der Waals surface area contributed by atoms with Crippen LogP contribution < -0.4 is 0 Å². The molecule has 1 saturated carbocycles. The number of ketones is 1. The van der Waals surface area contributed by atoms with Gasteiger partial charge in [0.2, 0.25) is 0 Å². The molecule has 2 nitrogen and oxygen atoms in total. The molecule has 0 aromatic heterocycles. The Labute approximate surface area is 124 Å². The number of hydrogen-bond acceptors (Lipinski definition) is 2. The second-order valence-corrected chi connectivity index (χ2v) is 6.85. The fraction of sp³-hybridized carbons (Fsp3) is 0.944. The highest BCUT2D eigenvalue weighted by molar-refractivity contribution is 5.81. The molecule has 1 unspecified atom stereocenters. The van der Waals surface area contributed by atoms with E-state index in [0.29, 0.717) is 17.8 Å². The van der Waals surface area contributed by atoms with Gasteiger partial charge in [-0.05, 0) is 57.3 Å². The highest BCUT2D eigenvalue weighted by Crippen LogP contribution is 2.33. The van der Waals surface area contributed by atoms with Gasteiger partial charge < -0.3 is 4.74 Å². The molecule has 1 aliphatic carbocycles. The van der Waals surface area contributed by atoms with Crippen LogP contribution in [0.1, 0.15) is 84.0 Å². The Hall–Kier alpha value is -0.370. The summed E-state index contributed by atoms with van der Waals surface area (Å²) in [5.41, 5.74) is 0. The Kier molecular flexibility index (Phi) is 7.06. The summed E-state index contributed by atoms with van der Waals surface area (Å²) in [6, 6.07) is 0. The Morgan fingerprint density at radius 1 is 1.05 bits per heavy atom. The smallest absolute Gasteiger partial charge is 0.135 e. The molecular formula is C18H32O2. The summed E-state index contributed by atoms with van der Waals surface area (Å²) < 4.78 is 5.62. The molecule has 0 aromatic rings. The predicted octanol–water partition coefficient (Wildman–Crippen LogP) is 4.90. The van der Waals surface area contributed by atoms with Crippen LogP contribution in [0.25, 0.3) is 0 Å². The molecule has 0 aromatic carbocycles. The summed E-state index contributed by atoms with van der Waals surface area (Å²) in [6.45, 7) is 3.20. The Morgan fingerprint density at radius 2 is 1.85 bits per heavy atom. The zero-order valence-electron chi connectivity index (χ0n) is 13.2. The van der Waals surface area contributed by atoms with Crippen molar-refractivity contribution < 1.29 is 9.53 Å². The van der Waals surface area contributed by atoms with Crippen molar-refractivity contribution in [3.8, 4) is 0 Å². The van der Waals surface area contributed by atoms with Gasteiger partial charge in [0.15, 0.2) is 0 Å². The van der Waals surface area contributed by atoms with Crippen LogP contribution in [-0.2, 0) is 9.53 Å². The zero-order valence-corrected chi connectivity index (χ0v) is 13.2. The van der Waals surface area contributed by atoms with Gasteiger partial charge in [-0.2, -0.15) is 0 Å². The van der Waals surface area contributed by atoms with Gasteiger partial charge >= 0.3 is 0 Å². The van der Waals surface area contributed by atoms with E-state index >= 15 is 0 Å². The standard InChI is InChI=1S/C18H32O2/c1-2-3-6-15-10-12-16(13-11-15)18(19)9-4-7-17-8-5-14-20-17/h15-17H,2-14H2,1H3. The van der Waals surface area contributed by atoms with Crippen LogP contribution in [0.3, 0.4) is 0 Å². The summed E-state index contributed by atoms with van der Waals surface area (Å²) >= 11 is 0. The summed E-state index contributed by atoms with van der Waals surface area (Å²) in [6.07, 6.45) is 14.8. The third-order valence-electron chi connectivity index (χ3n) is 5.24. The van der Waals surface area contributed by atoms with Crippen molar-refractivity contribution in [3.63, 3.8) is 0 Å². The first kappa shape index (κ1) is 16.0. The number of ether oxygens (including phenoxy) is 1. The number of Topliss-reactive ketones (excluding diaryl/α,β-unsaturated/α-hetero) is 1. The van der Waals surface area contributed by atoms with Gasteiger partial charge in [-0.3, -0.25) is 4.79 Å². The topological polar surface area (TPSA) is 26.3 Å². The monoisotopic (exact) mass is 280 g/mol. The maximum atomic E-state index is 12.3. The van der Waals surface area contributed by atoms with Crippen molar-refractivity contribution in [1.82, 2.24) is 0 Å². The number of carbonyl (C=O) groups is 1. The highest BCUT2D eigenvalue weighted by Gasteiger charge is 2.25. The highest BCUT2D eigenvalue weighted by atomic mass is 16.5. The van der Waals surface area contributed by atoms with E-state index < -0.39 is 0 Å². The van der Waals surface area contributed by atoms with Crippen LogP contribution in [-0.4, -0.2) is 18.5 Å². The van der Waals surface area contributed by atoms with Gasteiger partial charge in [-0.15, -0.1) is 0 Å². The maximum absolute atomic E-state index is 12.3. The molecule has 2 rings (SSSR count). The summed E-state index contributed by atoms with van der Waals surface area (Å²) in [5, 5.41) is 0. The molecule has 1 aliphatic heterocycles. The van der Waals surface area contributed by atoms with Crippen molar-refractivity contribution in [2.45, 2.75) is 90.1 Å². The summed E-state index contributed by atoms with van der Waals surface area (Å²) in [4.78, 5) is 12.3. The fourth-order valence-corrected chi connectivity index (χ4v) is 3.85. The van der Waals surface area contributed by atoms with E-state index in [1.165, 1.54) is 44.9 Å². The van der Waals surface area contributed by atoms with Crippen LogP contribution in [0, 0.1) is 11.8 Å². The molecule has 1 atom stereocenters. The largest absolute Gasteiger partial charge is 0.378 e. The molecule has 0 amide bonds. The average Bonchev–Trinajstić information content (AvgIpc) is 2.99. The second kappa shape index (κ2) is 8.81. The normalized spacial score (nSPS) is 30.6. The molecule has 2 heteroatoms. The first-order chi connectivity index (χ1) is 9.79. The molecule has 1 heterocycles. The van der Waals surface area contributed by atoms with E-state index in [4.69, 9.17) is 4.74 Å². The van der Waals surface area contributed by atoms with Crippen molar-refractivity contribution in [1.29, 1.82) is 0 Å². The van der Waals surface area contributed by atoms with Gasteiger partial charge in [0.1, 0.15) is 5.78 Å². The third-order valence-corrected chi connectivity index (χ3v) is 5.24. The molecule has 0 N–H and O–H groups in total. The van der Waals surface area contributed by atoms with Crippen molar-refractivity contribution in [3.05, 3.63) is 0 Å². The molecule has 2 fully saturated rings. The lowest BCUT2D eigenvalue weighted by Crippen LogP contribution is -2.22. The molecule has 0 bridgehead atoms. The lowest BCUT2D eigenvalue weighted by Gasteiger charge is -2.27. The number of unbranched alkanes of at least 4 members (excludes halogenated alkanes) is 1. The minimum Gasteiger partial charge on any atom is -0.378 e. The SMILES string of the molecule is CCCCC1CCC(C(=O)CCCC2CCCO2)CC1. The van der Waals surface area contributed by atoms with Gasteiger partial charge in [-0.1, -0.05) is 26.2 Å². The Balaban J connectivity index is 1.56. The lowest BCUT2D eigenvalue weighted by molar-refractivity contribution is -0.124. The van der Waals surface area contributed by atoms with Gasteiger partial charge in [0.25, 0.3) is 0 Å². The van der Waals surface area contributed by atoms with Crippen LogP contribution in [0.2, 0.25) is 0 Å². The third kappa shape index (κ3) is 5.20. The van der Waals surface area contributed by atoms with E-state index in [-0.39, 0.29) is 0 Å². The fourth-order valence-electron chi connectivity index (χ4n) is 3.85. The van der Waals surface area contributed by atoms with Gasteiger partial charge in [-0.25, -0.2) is 0 Å². The van der Waals surface area contributed by atoms with E-state index in [1.807, 2.05) is 0 Å².